The summed E-state index contributed by atoms with van der Waals surface area (Å²) < 4.78 is 27.9. The van der Waals surface area contributed by atoms with E-state index in [-0.39, 0.29) is 18.6 Å². The summed E-state index contributed by atoms with van der Waals surface area (Å²) in [7, 11) is 6.42. The Kier molecular flexibility index (Phi) is 7.11. The van der Waals surface area contributed by atoms with E-state index in [9.17, 15) is 4.79 Å². The van der Waals surface area contributed by atoms with E-state index in [0.29, 0.717) is 41.5 Å². The topological polar surface area (TPSA) is 66.5 Å². The summed E-state index contributed by atoms with van der Waals surface area (Å²) in [6, 6.07) is 18.3. The standard InChI is InChI=1S/C27H29NO6/c1-30-19-9-11-20(12-10-19)34-17-23-22-16-26(33-4)25(32-3)15-18(22)13-14-28(23)27(29)21-7-5-6-8-24(21)31-2/h5-12,15-16,23H,13-14,17H2,1-4H3. The van der Waals surface area contributed by atoms with Crippen LogP contribution in [0.15, 0.2) is 60.7 Å². The van der Waals surface area contributed by atoms with Crippen molar-refractivity contribution in [2.75, 3.05) is 41.6 Å². The molecular weight excluding hydrogens is 434 g/mol. The van der Waals surface area contributed by atoms with Gasteiger partial charge in [0, 0.05) is 6.54 Å². The maximum Gasteiger partial charge on any atom is 0.258 e. The van der Waals surface area contributed by atoms with Crippen LogP contribution in [-0.2, 0) is 6.42 Å². The molecule has 0 N–H and O–H groups in total. The van der Waals surface area contributed by atoms with Gasteiger partial charge in [0.1, 0.15) is 23.9 Å². The number of amides is 1. The molecule has 0 saturated heterocycles. The van der Waals surface area contributed by atoms with Crippen LogP contribution in [0.1, 0.15) is 27.5 Å². The highest BCUT2D eigenvalue weighted by Crippen LogP contribution is 2.39. The molecule has 7 nitrogen and oxygen atoms in total. The molecule has 34 heavy (non-hydrogen) atoms. The van der Waals surface area contributed by atoms with Crippen molar-refractivity contribution in [1.82, 2.24) is 4.90 Å². The van der Waals surface area contributed by atoms with Crippen LogP contribution in [0.4, 0.5) is 0 Å². The van der Waals surface area contributed by atoms with E-state index in [1.165, 1.54) is 0 Å². The predicted molar refractivity (Wildman–Crippen MR) is 129 cm³/mol. The van der Waals surface area contributed by atoms with Gasteiger partial charge in [0.25, 0.3) is 5.91 Å². The lowest BCUT2D eigenvalue weighted by molar-refractivity contribution is 0.0586. The molecule has 0 fully saturated rings. The zero-order valence-corrected chi connectivity index (χ0v) is 19.9. The fourth-order valence-corrected chi connectivity index (χ4v) is 4.27. The lowest BCUT2D eigenvalue weighted by atomic mass is 9.91. The molecule has 0 spiro atoms. The maximum atomic E-state index is 13.7. The van der Waals surface area contributed by atoms with Crippen LogP contribution in [0.25, 0.3) is 0 Å². The smallest absolute Gasteiger partial charge is 0.258 e. The second-order valence-corrected chi connectivity index (χ2v) is 7.86. The van der Waals surface area contributed by atoms with E-state index in [2.05, 4.69) is 0 Å². The Morgan fingerprint density at radius 3 is 2.15 bits per heavy atom. The summed E-state index contributed by atoms with van der Waals surface area (Å²) in [6.45, 7) is 0.811. The normalized spacial score (nSPS) is 14.7. The zero-order valence-electron chi connectivity index (χ0n) is 19.9. The zero-order chi connectivity index (χ0) is 24.1. The molecular formula is C27H29NO6. The molecule has 3 aromatic rings. The first-order valence-corrected chi connectivity index (χ1v) is 11.0. The van der Waals surface area contributed by atoms with Gasteiger partial charge in [0.05, 0.1) is 40.0 Å². The molecule has 1 atom stereocenters. The number of hydrogen-bond donors (Lipinski definition) is 0. The third kappa shape index (κ3) is 4.59. The van der Waals surface area contributed by atoms with Crippen LogP contribution in [0.2, 0.25) is 0 Å². The van der Waals surface area contributed by atoms with Gasteiger partial charge in [-0.15, -0.1) is 0 Å². The van der Waals surface area contributed by atoms with E-state index < -0.39 is 0 Å². The second kappa shape index (κ2) is 10.4. The van der Waals surface area contributed by atoms with Gasteiger partial charge < -0.3 is 28.6 Å². The summed E-state index contributed by atoms with van der Waals surface area (Å²) in [4.78, 5) is 15.5. The highest BCUT2D eigenvalue weighted by molar-refractivity contribution is 5.97. The van der Waals surface area contributed by atoms with Crippen molar-refractivity contribution in [1.29, 1.82) is 0 Å². The summed E-state index contributed by atoms with van der Waals surface area (Å²) in [5, 5.41) is 0. The largest absolute Gasteiger partial charge is 0.497 e. The van der Waals surface area contributed by atoms with Crippen molar-refractivity contribution in [2.45, 2.75) is 12.5 Å². The van der Waals surface area contributed by atoms with Crippen LogP contribution in [0.5, 0.6) is 28.7 Å². The average Bonchev–Trinajstić information content (AvgIpc) is 2.90. The molecule has 4 rings (SSSR count). The Morgan fingerprint density at radius 2 is 1.47 bits per heavy atom. The lowest BCUT2D eigenvalue weighted by Crippen LogP contribution is -2.42. The molecule has 1 aliphatic rings. The summed E-state index contributed by atoms with van der Waals surface area (Å²) >= 11 is 0. The van der Waals surface area contributed by atoms with Crippen molar-refractivity contribution in [2.24, 2.45) is 0 Å². The molecule has 0 radical (unpaired) electrons. The van der Waals surface area contributed by atoms with Crippen LogP contribution in [0, 0.1) is 0 Å². The van der Waals surface area contributed by atoms with Crippen molar-refractivity contribution in [3.8, 4) is 28.7 Å². The highest BCUT2D eigenvalue weighted by atomic mass is 16.5. The molecule has 0 bridgehead atoms. The van der Waals surface area contributed by atoms with Gasteiger partial charge in [-0.25, -0.2) is 0 Å². The number of ether oxygens (including phenoxy) is 5. The quantitative estimate of drug-likeness (QED) is 0.489. The van der Waals surface area contributed by atoms with Gasteiger partial charge in [0.2, 0.25) is 0 Å². The van der Waals surface area contributed by atoms with E-state index in [4.69, 9.17) is 23.7 Å². The number of rotatable bonds is 8. The number of carbonyl (C=O) groups excluding carboxylic acids is 1. The number of para-hydroxylation sites is 1. The van der Waals surface area contributed by atoms with Gasteiger partial charge in [-0.05, 0) is 66.1 Å². The van der Waals surface area contributed by atoms with Crippen molar-refractivity contribution in [3.05, 3.63) is 77.4 Å². The number of hydrogen-bond acceptors (Lipinski definition) is 6. The van der Waals surface area contributed by atoms with Crippen LogP contribution < -0.4 is 23.7 Å². The SMILES string of the molecule is COc1ccc(OCC2c3cc(OC)c(OC)cc3CCN2C(=O)c2ccccc2OC)cc1. The van der Waals surface area contributed by atoms with E-state index in [0.717, 1.165) is 16.9 Å². The summed E-state index contributed by atoms with van der Waals surface area (Å²) in [5.74, 6) is 3.16. The van der Waals surface area contributed by atoms with Crippen molar-refractivity contribution >= 4 is 5.91 Å². The Hall–Kier alpha value is -3.87. The Morgan fingerprint density at radius 1 is 0.824 bits per heavy atom. The Balaban J connectivity index is 1.70. The average molecular weight is 464 g/mol. The minimum atomic E-state index is -0.330. The summed E-state index contributed by atoms with van der Waals surface area (Å²) in [5.41, 5.74) is 2.59. The first-order valence-electron chi connectivity index (χ1n) is 11.0. The van der Waals surface area contributed by atoms with E-state index in [1.807, 2.05) is 53.4 Å². The van der Waals surface area contributed by atoms with Gasteiger partial charge >= 0.3 is 0 Å². The van der Waals surface area contributed by atoms with Crippen molar-refractivity contribution < 1.29 is 28.5 Å². The number of carbonyl (C=O) groups is 1. The molecule has 1 unspecified atom stereocenters. The second-order valence-electron chi connectivity index (χ2n) is 7.86. The predicted octanol–water partition coefficient (Wildman–Crippen LogP) is 4.54. The van der Waals surface area contributed by atoms with E-state index in [1.54, 1.807) is 40.6 Å². The fraction of sp³-hybridized carbons (Fsp3) is 0.296. The molecule has 0 saturated carbocycles. The third-order valence-corrected chi connectivity index (χ3v) is 6.07. The molecule has 0 aromatic heterocycles. The van der Waals surface area contributed by atoms with E-state index >= 15 is 0 Å². The monoisotopic (exact) mass is 463 g/mol. The van der Waals surface area contributed by atoms with Crippen LogP contribution in [0.3, 0.4) is 0 Å². The van der Waals surface area contributed by atoms with Gasteiger partial charge in [-0.2, -0.15) is 0 Å². The number of methoxy groups -OCH3 is 4. The van der Waals surface area contributed by atoms with Gasteiger partial charge in [0.15, 0.2) is 11.5 Å². The van der Waals surface area contributed by atoms with Gasteiger partial charge in [-0.1, -0.05) is 12.1 Å². The molecule has 7 heteroatoms. The third-order valence-electron chi connectivity index (χ3n) is 6.07. The number of nitrogens with zero attached hydrogens (tertiary/aromatic N) is 1. The Labute approximate surface area is 199 Å². The van der Waals surface area contributed by atoms with Crippen LogP contribution in [-0.4, -0.2) is 52.4 Å². The maximum absolute atomic E-state index is 13.7. The molecule has 1 amide bonds. The lowest BCUT2D eigenvalue weighted by Gasteiger charge is -2.38. The molecule has 1 aliphatic heterocycles. The number of benzene rings is 3. The molecule has 1 heterocycles. The van der Waals surface area contributed by atoms with Gasteiger partial charge in [-0.3, -0.25) is 4.79 Å². The Bertz CT molecular complexity index is 1140. The highest BCUT2D eigenvalue weighted by Gasteiger charge is 2.34. The first kappa shape index (κ1) is 23.3. The minimum Gasteiger partial charge on any atom is -0.497 e. The molecule has 178 valence electrons. The number of fused-ring (bicyclic) bond motifs is 1. The molecule has 3 aromatic carbocycles. The molecule has 0 aliphatic carbocycles. The fourth-order valence-electron chi connectivity index (χ4n) is 4.27. The van der Waals surface area contributed by atoms with Crippen LogP contribution >= 0.6 is 0 Å². The first-order chi connectivity index (χ1) is 16.6. The van der Waals surface area contributed by atoms with Crippen molar-refractivity contribution in [3.63, 3.8) is 0 Å². The minimum absolute atomic E-state index is 0.110. The summed E-state index contributed by atoms with van der Waals surface area (Å²) in [6.07, 6.45) is 0.690.